The fourth-order valence-electron chi connectivity index (χ4n) is 2.17. The maximum atomic E-state index is 12.6. The summed E-state index contributed by atoms with van der Waals surface area (Å²) in [4.78, 5) is 36.9. The van der Waals surface area contributed by atoms with Crippen LogP contribution in [0.3, 0.4) is 0 Å². The fourth-order valence-corrected chi connectivity index (χ4v) is 2.17. The topological polar surface area (TPSA) is 104 Å². The number of nitrogens with one attached hydrogen (secondary N) is 1. The summed E-state index contributed by atoms with van der Waals surface area (Å²) in [5, 5.41) is 2.58. The lowest BCUT2D eigenvalue weighted by atomic mass is 9.91. The number of hydrogen-bond acceptors (Lipinski definition) is 7. The normalized spacial score (nSPS) is 10.9. The van der Waals surface area contributed by atoms with Crippen LogP contribution in [-0.4, -0.2) is 38.5 Å². The van der Waals surface area contributed by atoms with E-state index in [-0.39, 0.29) is 35.2 Å². The van der Waals surface area contributed by atoms with Crippen molar-refractivity contribution in [1.29, 1.82) is 0 Å². The van der Waals surface area contributed by atoms with Crippen molar-refractivity contribution in [1.82, 2.24) is 0 Å². The third-order valence-electron chi connectivity index (χ3n) is 3.91. The summed E-state index contributed by atoms with van der Waals surface area (Å²) in [7, 11) is 2.84. The molecule has 0 radical (unpaired) electrons. The van der Waals surface area contributed by atoms with Gasteiger partial charge in [0.1, 0.15) is 0 Å². The Hall–Kier alpha value is -3.29. The van der Waals surface area contributed by atoms with Crippen molar-refractivity contribution in [3.8, 4) is 11.5 Å². The Morgan fingerprint density at radius 1 is 1.07 bits per heavy atom. The van der Waals surface area contributed by atoms with Crippen LogP contribution < -0.4 is 14.8 Å². The van der Waals surface area contributed by atoms with E-state index in [0.717, 1.165) is 0 Å². The lowest BCUT2D eigenvalue weighted by molar-refractivity contribution is -0.129. The molecule has 1 amide bonds. The summed E-state index contributed by atoms with van der Waals surface area (Å²) in [6, 6.07) is 5.86. The molecule has 0 bridgehead atoms. The Morgan fingerprint density at radius 3 is 2.25 bits per heavy atom. The molecule has 0 spiro atoms. The van der Waals surface area contributed by atoms with E-state index >= 15 is 0 Å². The summed E-state index contributed by atoms with van der Waals surface area (Å²) in [5.74, 6) is -0.933. The molecule has 8 heteroatoms. The van der Waals surface area contributed by atoms with Gasteiger partial charge in [0.25, 0.3) is 5.91 Å². The monoisotopic (exact) mass is 389 g/mol. The molecule has 1 N–H and O–H groups in total. The molecular formula is C20H23NO7. The Balaban J connectivity index is 2.33. The Bertz CT molecular complexity index is 863. The molecule has 0 saturated heterocycles. The molecule has 8 nitrogen and oxygen atoms in total. The molecule has 2 rings (SSSR count). The molecule has 0 aliphatic rings. The van der Waals surface area contributed by atoms with Gasteiger partial charge < -0.3 is 23.9 Å². The molecule has 1 aromatic carbocycles. The highest BCUT2D eigenvalue weighted by Crippen LogP contribution is 2.34. The summed E-state index contributed by atoms with van der Waals surface area (Å²) in [5.41, 5.74) is -0.500. The lowest BCUT2D eigenvalue weighted by Gasteiger charge is -2.17. The molecule has 0 aliphatic carbocycles. The number of esters is 1. The van der Waals surface area contributed by atoms with Gasteiger partial charge in [0.2, 0.25) is 0 Å². The van der Waals surface area contributed by atoms with Crippen LogP contribution in [0, 0.1) is 5.41 Å². The molecule has 0 saturated carbocycles. The van der Waals surface area contributed by atoms with Gasteiger partial charge in [-0.3, -0.25) is 9.59 Å². The largest absolute Gasteiger partial charge is 0.493 e. The molecule has 150 valence electrons. The number of furan rings is 1. The molecular weight excluding hydrogens is 366 g/mol. The number of ether oxygens (including phenoxy) is 3. The molecule has 0 aliphatic heterocycles. The molecule has 0 atom stereocenters. The predicted molar refractivity (Wildman–Crippen MR) is 101 cm³/mol. The highest BCUT2D eigenvalue weighted by molar-refractivity contribution is 6.07. The third kappa shape index (κ3) is 4.91. The van der Waals surface area contributed by atoms with Crippen molar-refractivity contribution in [3.63, 3.8) is 0 Å². The molecule has 2 aromatic rings. The zero-order valence-corrected chi connectivity index (χ0v) is 16.5. The van der Waals surface area contributed by atoms with E-state index in [1.165, 1.54) is 38.7 Å². The number of hydrogen-bond donors (Lipinski definition) is 1. The average molecular weight is 389 g/mol. The van der Waals surface area contributed by atoms with E-state index in [0.29, 0.717) is 5.75 Å². The minimum atomic E-state index is -0.784. The van der Waals surface area contributed by atoms with E-state index in [1.54, 1.807) is 26.8 Å². The van der Waals surface area contributed by atoms with E-state index in [2.05, 4.69) is 5.32 Å². The van der Waals surface area contributed by atoms with E-state index in [9.17, 15) is 14.4 Å². The molecule has 28 heavy (non-hydrogen) atoms. The van der Waals surface area contributed by atoms with Crippen molar-refractivity contribution < 1.29 is 33.0 Å². The zero-order chi connectivity index (χ0) is 20.9. The van der Waals surface area contributed by atoms with Crippen molar-refractivity contribution >= 4 is 23.3 Å². The average Bonchev–Trinajstić information content (AvgIpc) is 3.19. The number of rotatable bonds is 7. The van der Waals surface area contributed by atoms with Crippen LogP contribution in [0.5, 0.6) is 11.5 Å². The minimum absolute atomic E-state index is 0.0132. The summed E-state index contributed by atoms with van der Waals surface area (Å²) in [6.07, 6.45) is 1.36. The van der Waals surface area contributed by atoms with Gasteiger partial charge >= 0.3 is 5.97 Å². The Kier molecular flexibility index (Phi) is 6.45. The summed E-state index contributed by atoms with van der Waals surface area (Å²) >= 11 is 0. The number of ketones is 1. The van der Waals surface area contributed by atoms with Crippen LogP contribution in [0.2, 0.25) is 0 Å². The quantitative estimate of drug-likeness (QED) is 0.724. The number of amides is 1. The molecule has 0 fully saturated rings. The van der Waals surface area contributed by atoms with Crippen LogP contribution in [-0.2, 0) is 9.53 Å². The SMILES string of the molecule is COc1cc(NC(=O)c2ccco2)c(C(=O)OCC(=O)C(C)(C)C)cc1OC. The number of carbonyl (C=O) groups is 3. The smallest absolute Gasteiger partial charge is 0.340 e. The summed E-state index contributed by atoms with van der Waals surface area (Å²) < 4.78 is 20.6. The van der Waals surface area contributed by atoms with Crippen LogP contribution in [0.25, 0.3) is 0 Å². The number of Topliss-reactive ketones (excluding diaryl/α,β-unsaturated/α-hetero) is 1. The molecule has 1 heterocycles. The number of carbonyl (C=O) groups excluding carboxylic acids is 3. The first-order valence-corrected chi connectivity index (χ1v) is 8.48. The first kappa shape index (κ1) is 21.0. The second-order valence-electron chi connectivity index (χ2n) is 6.93. The van der Waals surface area contributed by atoms with Gasteiger partial charge in [-0.25, -0.2) is 4.79 Å². The van der Waals surface area contributed by atoms with Crippen LogP contribution in [0.1, 0.15) is 41.7 Å². The second-order valence-corrected chi connectivity index (χ2v) is 6.93. The maximum absolute atomic E-state index is 12.6. The molecule has 0 unspecified atom stereocenters. The van der Waals surface area contributed by atoms with Gasteiger partial charge in [-0.2, -0.15) is 0 Å². The zero-order valence-electron chi connectivity index (χ0n) is 16.5. The predicted octanol–water partition coefficient (Wildman–Crippen LogP) is 3.32. The van der Waals surface area contributed by atoms with Crippen molar-refractivity contribution in [2.45, 2.75) is 20.8 Å². The van der Waals surface area contributed by atoms with Crippen LogP contribution in [0.15, 0.2) is 34.9 Å². The van der Waals surface area contributed by atoms with E-state index in [1.807, 2.05) is 0 Å². The van der Waals surface area contributed by atoms with Crippen molar-refractivity contribution in [2.24, 2.45) is 5.41 Å². The first-order valence-electron chi connectivity index (χ1n) is 8.48. The lowest BCUT2D eigenvalue weighted by Crippen LogP contribution is -2.26. The minimum Gasteiger partial charge on any atom is -0.493 e. The summed E-state index contributed by atoms with van der Waals surface area (Å²) in [6.45, 7) is 4.81. The number of anilines is 1. The molecule has 1 aromatic heterocycles. The van der Waals surface area contributed by atoms with Gasteiger partial charge in [0.15, 0.2) is 29.6 Å². The highest BCUT2D eigenvalue weighted by atomic mass is 16.5. The van der Waals surface area contributed by atoms with Crippen LogP contribution in [0.4, 0.5) is 5.69 Å². The van der Waals surface area contributed by atoms with E-state index < -0.39 is 17.3 Å². The van der Waals surface area contributed by atoms with Gasteiger partial charge in [0, 0.05) is 17.5 Å². The standard InChI is InChI=1S/C20H23NO7/c1-20(2,3)17(22)11-28-19(24)12-9-15(25-4)16(26-5)10-13(12)21-18(23)14-7-6-8-27-14/h6-10H,11H2,1-5H3,(H,21,23). The van der Waals surface area contributed by atoms with Gasteiger partial charge in [-0.1, -0.05) is 20.8 Å². The fraction of sp³-hybridized carbons (Fsp3) is 0.350. The maximum Gasteiger partial charge on any atom is 0.340 e. The Morgan fingerprint density at radius 2 is 1.71 bits per heavy atom. The van der Waals surface area contributed by atoms with E-state index in [4.69, 9.17) is 18.6 Å². The van der Waals surface area contributed by atoms with Gasteiger partial charge in [-0.15, -0.1) is 0 Å². The third-order valence-corrected chi connectivity index (χ3v) is 3.91. The first-order chi connectivity index (χ1) is 13.2. The number of benzene rings is 1. The Labute approximate surface area is 162 Å². The van der Waals surface area contributed by atoms with Crippen molar-refractivity contribution in [2.75, 3.05) is 26.1 Å². The van der Waals surface area contributed by atoms with Gasteiger partial charge in [-0.05, 0) is 12.1 Å². The second kappa shape index (κ2) is 8.60. The van der Waals surface area contributed by atoms with Crippen LogP contribution >= 0.6 is 0 Å². The number of methoxy groups -OCH3 is 2. The highest BCUT2D eigenvalue weighted by Gasteiger charge is 2.25. The van der Waals surface area contributed by atoms with Crippen molar-refractivity contribution in [3.05, 3.63) is 41.9 Å². The van der Waals surface area contributed by atoms with Gasteiger partial charge in [0.05, 0.1) is 31.7 Å².